The molecule has 2 saturated heterocycles. The first kappa shape index (κ1) is 18.7. The second-order valence-electron chi connectivity index (χ2n) is 6.58. The molecule has 2 aliphatic heterocycles. The molecule has 2 heterocycles. The monoisotopic (exact) mass is 338 g/mol. The number of hydrogen-bond acceptors (Lipinski definition) is 4. The lowest BCUT2D eigenvalue weighted by atomic mass is 9.92. The highest BCUT2D eigenvalue weighted by atomic mass is 35.5. The first-order chi connectivity index (χ1) is 9.37. The van der Waals surface area contributed by atoms with Gasteiger partial charge in [0.2, 0.25) is 5.91 Å². The molecular weight excluding hydrogens is 312 g/mol. The third-order valence-corrected chi connectivity index (χ3v) is 6.16. The fraction of sp³-hybridized carbons (Fsp3) is 0.929. The van der Waals surface area contributed by atoms with E-state index in [0.717, 1.165) is 25.9 Å². The molecule has 2 fully saturated rings. The molecule has 0 aromatic carbocycles. The molecule has 2 aliphatic rings. The predicted octanol–water partition coefficient (Wildman–Crippen LogP) is 0.937. The van der Waals surface area contributed by atoms with Gasteiger partial charge < -0.3 is 10.2 Å². The van der Waals surface area contributed by atoms with Crippen LogP contribution in [-0.4, -0.2) is 56.9 Å². The molecule has 124 valence electrons. The highest BCUT2D eigenvalue weighted by molar-refractivity contribution is 7.92. The van der Waals surface area contributed by atoms with Crippen molar-refractivity contribution in [2.45, 2.75) is 26.7 Å². The fourth-order valence-corrected chi connectivity index (χ4v) is 5.01. The normalized spacial score (nSPS) is 26.1. The number of hydrogen-bond donors (Lipinski definition) is 1. The Kier molecular flexibility index (Phi) is 6.94. The van der Waals surface area contributed by atoms with Gasteiger partial charge >= 0.3 is 0 Å². The molecule has 0 aliphatic carbocycles. The van der Waals surface area contributed by atoms with Crippen LogP contribution in [0.5, 0.6) is 0 Å². The van der Waals surface area contributed by atoms with Crippen molar-refractivity contribution in [2.75, 3.05) is 37.7 Å². The Morgan fingerprint density at radius 2 is 1.71 bits per heavy atom. The minimum atomic E-state index is -3.26. The van der Waals surface area contributed by atoms with Crippen LogP contribution in [0.25, 0.3) is 0 Å². The molecule has 0 aromatic rings. The van der Waals surface area contributed by atoms with Crippen LogP contribution in [0.3, 0.4) is 0 Å². The highest BCUT2D eigenvalue weighted by Gasteiger charge is 2.32. The number of halogens is 1. The number of amides is 1. The predicted molar refractivity (Wildman–Crippen MR) is 86.4 cm³/mol. The molecule has 2 rings (SSSR count). The van der Waals surface area contributed by atoms with Crippen molar-refractivity contribution >= 4 is 28.2 Å². The molecule has 7 heteroatoms. The number of carbonyl (C=O) groups is 1. The summed E-state index contributed by atoms with van der Waals surface area (Å²) in [7, 11) is -3.26. The van der Waals surface area contributed by atoms with Gasteiger partial charge in [0.05, 0.1) is 5.75 Å². The Labute approximate surface area is 134 Å². The summed E-state index contributed by atoms with van der Waals surface area (Å²) < 4.78 is 23.8. The van der Waals surface area contributed by atoms with Gasteiger partial charge in [-0.05, 0) is 43.7 Å². The Hall–Kier alpha value is -0.330. The first-order valence-corrected chi connectivity index (χ1v) is 9.38. The summed E-state index contributed by atoms with van der Waals surface area (Å²) in [5.74, 6) is 0.946. The van der Waals surface area contributed by atoms with Crippen LogP contribution in [-0.2, 0) is 14.6 Å². The molecule has 0 bridgehead atoms. The number of sulfone groups is 1. The Morgan fingerprint density at radius 1 is 1.19 bits per heavy atom. The van der Waals surface area contributed by atoms with Crippen molar-refractivity contribution in [3.05, 3.63) is 0 Å². The fourth-order valence-electron chi connectivity index (χ4n) is 3.31. The van der Waals surface area contributed by atoms with Crippen LogP contribution in [0.2, 0.25) is 0 Å². The Balaban J connectivity index is 0.00000220. The lowest BCUT2D eigenvalue weighted by Gasteiger charge is -2.21. The van der Waals surface area contributed by atoms with E-state index in [9.17, 15) is 13.2 Å². The molecule has 1 amide bonds. The van der Waals surface area contributed by atoms with Crippen LogP contribution in [0.15, 0.2) is 0 Å². The van der Waals surface area contributed by atoms with E-state index in [2.05, 4.69) is 5.32 Å². The maximum absolute atomic E-state index is 12.2. The van der Waals surface area contributed by atoms with Crippen LogP contribution >= 0.6 is 12.4 Å². The molecule has 1 N–H and O–H groups in total. The second kappa shape index (κ2) is 7.79. The topological polar surface area (TPSA) is 66.5 Å². The van der Waals surface area contributed by atoms with Crippen molar-refractivity contribution in [1.29, 1.82) is 0 Å². The molecule has 0 radical (unpaired) electrons. The van der Waals surface area contributed by atoms with E-state index in [0.29, 0.717) is 24.9 Å². The summed E-state index contributed by atoms with van der Waals surface area (Å²) in [6, 6.07) is 0. The van der Waals surface area contributed by atoms with E-state index >= 15 is 0 Å². The van der Waals surface area contributed by atoms with Crippen molar-refractivity contribution in [3.8, 4) is 0 Å². The molecule has 21 heavy (non-hydrogen) atoms. The lowest BCUT2D eigenvalue weighted by Crippen LogP contribution is -2.37. The molecule has 0 saturated carbocycles. The third-order valence-electron chi connectivity index (χ3n) is 4.30. The summed E-state index contributed by atoms with van der Waals surface area (Å²) in [5, 5.41) is 3.40. The number of likely N-dealkylation sites (tertiary alicyclic amines) is 1. The van der Waals surface area contributed by atoms with Gasteiger partial charge in [-0.15, -0.1) is 12.4 Å². The maximum Gasteiger partial charge on any atom is 0.237 e. The van der Waals surface area contributed by atoms with E-state index in [1.165, 1.54) is 0 Å². The average molecular weight is 339 g/mol. The molecule has 0 unspecified atom stereocenters. The average Bonchev–Trinajstić information content (AvgIpc) is 2.65. The van der Waals surface area contributed by atoms with Gasteiger partial charge in [0.15, 0.2) is 9.84 Å². The van der Waals surface area contributed by atoms with Gasteiger partial charge in [-0.1, -0.05) is 13.8 Å². The quantitative estimate of drug-likeness (QED) is 0.828. The Bertz CT molecular complexity index is 439. The lowest BCUT2D eigenvalue weighted by molar-refractivity contribution is -0.128. The van der Waals surface area contributed by atoms with Crippen molar-refractivity contribution in [1.82, 2.24) is 10.2 Å². The van der Waals surface area contributed by atoms with Crippen LogP contribution < -0.4 is 5.32 Å². The third kappa shape index (κ3) is 5.42. The van der Waals surface area contributed by atoms with Gasteiger partial charge in [0, 0.05) is 13.1 Å². The zero-order chi connectivity index (χ0) is 14.8. The van der Waals surface area contributed by atoms with E-state index < -0.39 is 9.84 Å². The van der Waals surface area contributed by atoms with Crippen molar-refractivity contribution < 1.29 is 13.2 Å². The smallest absolute Gasteiger partial charge is 0.237 e. The number of carbonyl (C=O) groups excluding carboxylic acids is 1. The van der Waals surface area contributed by atoms with Gasteiger partial charge in [-0.3, -0.25) is 4.79 Å². The molecular formula is C14H27ClN2O3S. The Morgan fingerprint density at radius 3 is 2.19 bits per heavy atom. The molecule has 0 aromatic heterocycles. The first-order valence-electron chi connectivity index (χ1n) is 7.56. The standard InChI is InChI=1S/C14H26N2O3S.ClH/c1-11(2)9-20(18,19)10-14(17)16-5-3-12-7-15-8-13(12)4-6-16;/h11-13,15H,3-10H2,1-2H3;1H/t12-,13+;. The van der Waals surface area contributed by atoms with Gasteiger partial charge in [-0.25, -0.2) is 8.42 Å². The van der Waals surface area contributed by atoms with E-state index in [1.807, 2.05) is 13.8 Å². The SMILES string of the molecule is CC(C)CS(=O)(=O)CC(=O)N1CC[C@@H]2CNC[C@@H]2CC1.Cl. The zero-order valence-electron chi connectivity index (χ0n) is 12.9. The highest BCUT2D eigenvalue weighted by Crippen LogP contribution is 2.27. The summed E-state index contributed by atoms with van der Waals surface area (Å²) in [6.45, 7) is 7.22. The zero-order valence-corrected chi connectivity index (χ0v) is 14.5. The van der Waals surface area contributed by atoms with E-state index in [-0.39, 0.29) is 35.7 Å². The molecule has 2 atom stereocenters. The summed E-state index contributed by atoms with van der Waals surface area (Å²) in [6.07, 6.45) is 1.99. The molecule has 5 nitrogen and oxygen atoms in total. The molecule has 0 spiro atoms. The van der Waals surface area contributed by atoms with Gasteiger partial charge in [0.1, 0.15) is 5.75 Å². The summed E-state index contributed by atoms with van der Waals surface area (Å²) in [4.78, 5) is 14.0. The second-order valence-corrected chi connectivity index (χ2v) is 8.69. The largest absolute Gasteiger partial charge is 0.342 e. The number of rotatable bonds is 4. The van der Waals surface area contributed by atoms with Crippen molar-refractivity contribution in [3.63, 3.8) is 0 Å². The number of fused-ring (bicyclic) bond motifs is 1. The van der Waals surface area contributed by atoms with Crippen molar-refractivity contribution in [2.24, 2.45) is 17.8 Å². The summed E-state index contributed by atoms with van der Waals surface area (Å²) >= 11 is 0. The van der Waals surface area contributed by atoms with Crippen LogP contribution in [0.4, 0.5) is 0 Å². The number of nitrogens with zero attached hydrogens (tertiary/aromatic N) is 1. The van der Waals surface area contributed by atoms with Crippen LogP contribution in [0, 0.1) is 17.8 Å². The maximum atomic E-state index is 12.2. The van der Waals surface area contributed by atoms with E-state index in [1.54, 1.807) is 4.90 Å². The minimum absolute atomic E-state index is 0. The van der Waals surface area contributed by atoms with Crippen LogP contribution in [0.1, 0.15) is 26.7 Å². The number of nitrogens with one attached hydrogen (secondary N) is 1. The van der Waals surface area contributed by atoms with E-state index in [4.69, 9.17) is 0 Å². The minimum Gasteiger partial charge on any atom is -0.342 e. The summed E-state index contributed by atoms with van der Waals surface area (Å²) in [5.41, 5.74) is 0. The van der Waals surface area contributed by atoms with Gasteiger partial charge in [-0.2, -0.15) is 0 Å². The van der Waals surface area contributed by atoms with Gasteiger partial charge in [0.25, 0.3) is 0 Å².